The standard InChI is InChI=1S/C17H26N2O2S2/c1-11(2)9-10-18-17(22)19-15-14(16(20)21-3)12-7-5-4-6-8-13(12)23-15/h11H,4-10H2,1-3H3,(H2,18,19,22). The molecule has 1 heterocycles. The smallest absolute Gasteiger partial charge is 0.341 e. The highest BCUT2D eigenvalue weighted by molar-refractivity contribution is 7.80. The van der Waals surface area contributed by atoms with E-state index < -0.39 is 0 Å². The summed E-state index contributed by atoms with van der Waals surface area (Å²) in [5.41, 5.74) is 1.84. The fourth-order valence-corrected chi connectivity index (χ4v) is 4.32. The highest BCUT2D eigenvalue weighted by Crippen LogP contribution is 2.37. The fourth-order valence-electron chi connectivity index (χ4n) is 2.77. The number of anilines is 1. The number of hydrogen-bond donors (Lipinski definition) is 2. The van der Waals surface area contributed by atoms with Gasteiger partial charge in [-0.05, 0) is 55.8 Å². The number of rotatable bonds is 5. The number of esters is 1. The van der Waals surface area contributed by atoms with Crippen LogP contribution < -0.4 is 10.6 Å². The average molecular weight is 355 g/mol. The molecule has 0 atom stereocenters. The second-order valence-corrected chi connectivity index (χ2v) is 7.84. The molecule has 0 amide bonds. The lowest BCUT2D eigenvalue weighted by Gasteiger charge is -2.12. The number of hydrogen-bond acceptors (Lipinski definition) is 4. The van der Waals surface area contributed by atoms with E-state index in [9.17, 15) is 4.79 Å². The van der Waals surface area contributed by atoms with Crippen molar-refractivity contribution in [2.24, 2.45) is 5.92 Å². The average Bonchev–Trinajstić information content (AvgIpc) is 2.67. The Labute approximate surface area is 148 Å². The maximum absolute atomic E-state index is 12.2. The van der Waals surface area contributed by atoms with Gasteiger partial charge >= 0.3 is 5.97 Å². The molecule has 1 aromatic rings. The minimum atomic E-state index is -0.267. The van der Waals surface area contributed by atoms with Crippen LogP contribution in [0.15, 0.2) is 0 Å². The Balaban J connectivity index is 2.14. The van der Waals surface area contributed by atoms with Crippen LogP contribution in [0.1, 0.15) is 60.3 Å². The lowest BCUT2D eigenvalue weighted by atomic mass is 10.1. The number of ether oxygens (including phenoxy) is 1. The van der Waals surface area contributed by atoms with Gasteiger partial charge in [0.15, 0.2) is 5.11 Å². The quantitative estimate of drug-likeness (QED) is 0.473. The fraction of sp³-hybridized carbons (Fsp3) is 0.647. The summed E-state index contributed by atoms with van der Waals surface area (Å²) in [6.45, 7) is 5.20. The number of thiocarbonyl (C=S) groups is 1. The Hall–Kier alpha value is -1.14. The lowest BCUT2D eigenvalue weighted by Crippen LogP contribution is -2.30. The van der Waals surface area contributed by atoms with Gasteiger partial charge in [0, 0.05) is 11.4 Å². The van der Waals surface area contributed by atoms with Gasteiger partial charge in [-0.3, -0.25) is 0 Å². The van der Waals surface area contributed by atoms with Crippen molar-refractivity contribution in [3.63, 3.8) is 0 Å². The number of thiophene rings is 1. The number of aryl methyl sites for hydroxylation is 1. The molecule has 6 heteroatoms. The van der Waals surface area contributed by atoms with Crippen LogP contribution in [-0.2, 0) is 17.6 Å². The number of carbonyl (C=O) groups is 1. The van der Waals surface area contributed by atoms with Crippen LogP contribution in [0.2, 0.25) is 0 Å². The first-order valence-electron chi connectivity index (χ1n) is 8.30. The predicted octanol–water partition coefficient (Wildman–Crippen LogP) is 4.14. The second-order valence-electron chi connectivity index (χ2n) is 6.32. The first kappa shape index (κ1) is 18.2. The third-order valence-corrected chi connectivity index (χ3v) is 5.50. The van der Waals surface area contributed by atoms with Crippen LogP contribution in [0.25, 0.3) is 0 Å². The van der Waals surface area contributed by atoms with Gasteiger partial charge in [-0.1, -0.05) is 20.3 Å². The van der Waals surface area contributed by atoms with Crippen LogP contribution in [0.5, 0.6) is 0 Å². The molecule has 0 saturated carbocycles. The zero-order chi connectivity index (χ0) is 16.8. The Kier molecular flexibility index (Phi) is 6.84. The largest absolute Gasteiger partial charge is 0.465 e. The van der Waals surface area contributed by atoms with Crippen LogP contribution >= 0.6 is 23.6 Å². The van der Waals surface area contributed by atoms with Gasteiger partial charge in [0.05, 0.1) is 12.7 Å². The highest BCUT2D eigenvalue weighted by atomic mass is 32.1. The number of fused-ring (bicyclic) bond motifs is 1. The van der Waals surface area contributed by atoms with Crippen molar-refractivity contribution in [2.45, 2.75) is 52.4 Å². The van der Waals surface area contributed by atoms with Gasteiger partial charge in [0.1, 0.15) is 5.00 Å². The zero-order valence-corrected chi connectivity index (χ0v) is 15.8. The molecule has 128 valence electrons. The lowest BCUT2D eigenvalue weighted by molar-refractivity contribution is 0.0601. The summed E-state index contributed by atoms with van der Waals surface area (Å²) in [7, 11) is 1.44. The van der Waals surface area contributed by atoms with Crippen molar-refractivity contribution in [1.29, 1.82) is 0 Å². The van der Waals surface area contributed by atoms with Crippen molar-refractivity contribution in [3.05, 3.63) is 16.0 Å². The SMILES string of the molecule is COC(=O)c1c(NC(=S)NCCC(C)C)sc2c1CCCCC2. The summed E-state index contributed by atoms with van der Waals surface area (Å²) in [6.07, 6.45) is 6.59. The molecule has 0 spiro atoms. The molecule has 0 saturated heterocycles. The van der Waals surface area contributed by atoms with E-state index in [4.69, 9.17) is 17.0 Å². The van der Waals surface area contributed by atoms with E-state index in [0.29, 0.717) is 16.6 Å². The third-order valence-electron chi connectivity index (χ3n) is 4.05. The first-order valence-corrected chi connectivity index (χ1v) is 9.53. The topological polar surface area (TPSA) is 50.4 Å². The Bertz CT molecular complexity index is 567. The molecule has 0 radical (unpaired) electrons. The number of carbonyl (C=O) groups excluding carboxylic acids is 1. The van der Waals surface area contributed by atoms with Gasteiger partial charge in [-0.15, -0.1) is 11.3 Å². The van der Waals surface area contributed by atoms with E-state index in [1.54, 1.807) is 11.3 Å². The van der Waals surface area contributed by atoms with E-state index in [2.05, 4.69) is 24.5 Å². The van der Waals surface area contributed by atoms with Crippen molar-refractivity contribution in [3.8, 4) is 0 Å². The molecule has 2 N–H and O–H groups in total. The minimum absolute atomic E-state index is 0.267. The normalized spacial score (nSPS) is 14.1. The van der Waals surface area contributed by atoms with Gasteiger partial charge in [-0.2, -0.15) is 0 Å². The van der Waals surface area contributed by atoms with Crippen molar-refractivity contribution in [1.82, 2.24) is 5.32 Å². The molecule has 0 bridgehead atoms. The first-order chi connectivity index (χ1) is 11.0. The Morgan fingerprint density at radius 1 is 1.30 bits per heavy atom. The summed E-state index contributed by atoms with van der Waals surface area (Å²) >= 11 is 7.02. The van der Waals surface area contributed by atoms with Crippen molar-refractivity contribution >= 4 is 39.6 Å². The summed E-state index contributed by atoms with van der Waals surface area (Å²) in [5.74, 6) is 0.366. The van der Waals surface area contributed by atoms with Crippen LogP contribution in [0.4, 0.5) is 5.00 Å². The molecule has 0 aliphatic heterocycles. The maximum atomic E-state index is 12.2. The number of methoxy groups -OCH3 is 1. The Morgan fingerprint density at radius 2 is 2.04 bits per heavy atom. The van der Waals surface area contributed by atoms with Gasteiger partial charge in [-0.25, -0.2) is 4.79 Å². The molecule has 1 aliphatic carbocycles. The van der Waals surface area contributed by atoms with E-state index >= 15 is 0 Å². The molecule has 1 aromatic heterocycles. The summed E-state index contributed by atoms with van der Waals surface area (Å²) in [4.78, 5) is 13.5. The zero-order valence-electron chi connectivity index (χ0n) is 14.2. The van der Waals surface area contributed by atoms with Gasteiger partial charge in [0.25, 0.3) is 0 Å². The minimum Gasteiger partial charge on any atom is -0.465 e. The third kappa shape index (κ3) is 4.91. The molecule has 2 rings (SSSR count). The summed E-state index contributed by atoms with van der Waals surface area (Å²) in [5, 5.41) is 7.83. The monoisotopic (exact) mass is 354 g/mol. The predicted molar refractivity (Wildman–Crippen MR) is 101 cm³/mol. The van der Waals surface area contributed by atoms with Crippen molar-refractivity contribution < 1.29 is 9.53 Å². The van der Waals surface area contributed by atoms with Crippen LogP contribution in [0, 0.1) is 5.92 Å². The van der Waals surface area contributed by atoms with E-state index in [0.717, 1.165) is 42.8 Å². The van der Waals surface area contributed by atoms with Crippen LogP contribution in [-0.4, -0.2) is 24.7 Å². The number of nitrogens with one attached hydrogen (secondary N) is 2. The van der Waals surface area contributed by atoms with E-state index in [1.807, 2.05) is 0 Å². The molecule has 4 nitrogen and oxygen atoms in total. The van der Waals surface area contributed by atoms with Gasteiger partial charge < -0.3 is 15.4 Å². The summed E-state index contributed by atoms with van der Waals surface area (Å²) in [6, 6.07) is 0. The molecule has 0 aromatic carbocycles. The molecule has 1 aliphatic rings. The molecular weight excluding hydrogens is 328 g/mol. The molecule has 0 fully saturated rings. The van der Waals surface area contributed by atoms with Crippen LogP contribution in [0.3, 0.4) is 0 Å². The van der Waals surface area contributed by atoms with Crippen molar-refractivity contribution in [2.75, 3.05) is 19.0 Å². The summed E-state index contributed by atoms with van der Waals surface area (Å²) < 4.78 is 5.00. The van der Waals surface area contributed by atoms with Gasteiger partial charge in [0.2, 0.25) is 0 Å². The second kappa shape index (κ2) is 8.64. The highest BCUT2D eigenvalue weighted by Gasteiger charge is 2.25. The molecule has 0 unspecified atom stereocenters. The maximum Gasteiger partial charge on any atom is 0.341 e. The van der Waals surface area contributed by atoms with E-state index in [1.165, 1.54) is 24.8 Å². The molecule has 23 heavy (non-hydrogen) atoms. The van der Waals surface area contributed by atoms with E-state index in [-0.39, 0.29) is 5.97 Å². The Morgan fingerprint density at radius 3 is 2.74 bits per heavy atom. The molecular formula is C17H26N2O2S2.